The third kappa shape index (κ3) is 4.85. The quantitative estimate of drug-likeness (QED) is 0.608. The van der Waals surface area contributed by atoms with E-state index in [1.54, 1.807) is 13.0 Å². The molecule has 20 heavy (non-hydrogen) atoms. The second-order valence-electron chi connectivity index (χ2n) is 4.29. The summed E-state index contributed by atoms with van der Waals surface area (Å²) < 4.78 is 12.9. The zero-order chi connectivity index (χ0) is 15.1. The van der Waals surface area contributed by atoms with Crippen LogP contribution >= 0.6 is 0 Å². The molecule has 0 radical (unpaired) electrons. The maximum absolute atomic E-state index is 12.9. The molecule has 0 heterocycles. The van der Waals surface area contributed by atoms with Crippen molar-refractivity contribution in [3.63, 3.8) is 0 Å². The summed E-state index contributed by atoms with van der Waals surface area (Å²) in [5.41, 5.74) is 1.68. The summed E-state index contributed by atoms with van der Waals surface area (Å²) in [7, 11) is 0. The minimum Gasteiger partial charge on any atom is -0.480 e. The summed E-state index contributed by atoms with van der Waals surface area (Å²) in [6.07, 6.45) is 0.496. The fourth-order valence-corrected chi connectivity index (χ4v) is 1.65. The number of carboxylic acid groups (broad SMARTS) is 1. The number of aliphatic hydroxyl groups excluding tert-OH is 1. The number of carbonyl (C=O) groups is 2. The number of nitrogens with one attached hydrogen (secondary N) is 2. The first-order valence-corrected chi connectivity index (χ1v) is 6.07. The van der Waals surface area contributed by atoms with Gasteiger partial charge in [-0.1, -0.05) is 6.07 Å². The molecule has 0 aliphatic heterocycles. The average Bonchev–Trinajstić information content (AvgIpc) is 2.38. The average molecular weight is 284 g/mol. The molecule has 2 amide bonds. The molecular formula is C13H17FN2O4. The van der Waals surface area contributed by atoms with Crippen LogP contribution in [0.2, 0.25) is 0 Å². The van der Waals surface area contributed by atoms with Gasteiger partial charge in [0.15, 0.2) is 6.04 Å². The largest absolute Gasteiger partial charge is 0.480 e. The van der Waals surface area contributed by atoms with Gasteiger partial charge in [0.1, 0.15) is 5.82 Å². The van der Waals surface area contributed by atoms with Crippen LogP contribution in [-0.2, 0) is 11.2 Å². The predicted octanol–water partition coefficient (Wildman–Crippen LogP) is 0.421. The Balaban J connectivity index is 2.40. The molecule has 0 bridgehead atoms. The SMILES string of the molecule is Cc1cc(F)ccc1CCNC(=O)NC(CO)C(=O)O. The van der Waals surface area contributed by atoms with E-state index < -0.39 is 24.6 Å². The molecule has 1 aromatic rings. The maximum atomic E-state index is 12.9. The third-order valence-corrected chi connectivity index (χ3v) is 2.77. The van der Waals surface area contributed by atoms with E-state index in [-0.39, 0.29) is 12.4 Å². The smallest absolute Gasteiger partial charge is 0.328 e. The highest BCUT2D eigenvalue weighted by atomic mass is 19.1. The molecule has 0 aliphatic carbocycles. The number of amides is 2. The van der Waals surface area contributed by atoms with Gasteiger partial charge in [0.2, 0.25) is 0 Å². The second-order valence-corrected chi connectivity index (χ2v) is 4.29. The van der Waals surface area contributed by atoms with Crippen molar-refractivity contribution in [2.45, 2.75) is 19.4 Å². The normalized spacial score (nSPS) is 11.8. The van der Waals surface area contributed by atoms with E-state index in [0.717, 1.165) is 11.1 Å². The van der Waals surface area contributed by atoms with Gasteiger partial charge in [0.25, 0.3) is 0 Å². The standard InChI is InChI=1S/C13H17FN2O4/c1-8-6-10(14)3-2-9(8)4-5-15-13(20)16-11(7-17)12(18)19/h2-3,6,11,17H,4-5,7H2,1H3,(H,18,19)(H2,15,16,20). The molecule has 1 rings (SSSR count). The van der Waals surface area contributed by atoms with Crippen molar-refractivity contribution in [1.29, 1.82) is 0 Å². The number of hydrogen-bond donors (Lipinski definition) is 4. The number of rotatable bonds is 6. The highest BCUT2D eigenvalue weighted by Crippen LogP contribution is 2.10. The second kappa shape index (κ2) is 7.44. The van der Waals surface area contributed by atoms with E-state index in [2.05, 4.69) is 10.6 Å². The lowest BCUT2D eigenvalue weighted by atomic mass is 10.1. The van der Waals surface area contributed by atoms with Gasteiger partial charge < -0.3 is 20.8 Å². The Hall–Kier alpha value is -2.15. The first kappa shape index (κ1) is 15.9. The first-order chi connectivity index (χ1) is 9.43. The van der Waals surface area contributed by atoms with Crippen LogP contribution in [0.25, 0.3) is 0 Å². The molecule has 4 N–H and O–H groups in total. The van der Waals surface area contributed by atoms with Gasteiger partial charge in [0.05, 0.1) is 6.61 Å². The molecule has 0 aromatic heterocycles. The summed E-state index contributed by atoms with van der Waals surface area (Å²) in [5, 5.41) is 22.0. The van der Waals surface area contributed by atoms with Crippen LogP contribution in [0.3, 0.4) is 0 Å². The van der Waals surface area contributed by atoms with Crippen LogP contribution in [0.15, 0.2) is 18.2 Å². The number of carboxylic acids is 1. The Morgan fingerprint density at radius 3 is 2.65 bits per heavy atom. The van der Waals surface area contributed by atoms with E-state index in [0.29, 0.717) is 6.42 Å². The van der Waals surface area contributed by atoms with Gasteiger partial charge in [0, 0.05) is 6.54 Å². The van der Waals surface area contributed by atoms with Crippen LogP contribution in [0.1, 0.15) is 11.1 Å². The van der Waals surface area contributed by atoms with Gasteiger partial charge in [-0.2, -0.15) is 0 Å². The molecule has 7 heteroatoms. The lowest BCUT2D eigenvalue weighted by molar-refractivity contribution is -0.140. The summed E-state index contributed by atoms with van der Waals surface area (Å²) in [6, 6.07) is 2.38. The fourth-order valence-electron chi connectivity index (χ4n) is 1.65. The van der Waals surface area contributed by atoms with Crippen molar-refractivity contribution in [3.05, 3.63) is 35.1 Å². The lowest BCUT2D eigenvalue weighted by Crippen LogP contribution is -2.48. The van der Waals surface area contributed by atoms with Crippen molar-refractivity contribution in [2.24, 2.45) is 0 Å². The van der Waals surface area contributed by atoms with Crippen molar-refractivity contribution < 1.29 is 24.2 Å². The van der Waals surface area contributed by atoms with E-state index in [4.69, 9.17) is 10.2 Å². The summed E-state index contributed by atoms with van der Waals surface area (Å²) >= 11 is 0. The number of benzene rings is 1. The molecular weight excluding hydrogens is 267 g/mol. The molecule has 0 saturated heterocycles. The van der Waals surface area contributed by atoms with Crippen LogP contribution in [0, 0.1) is 12.7 Å². The highest BCUT2D eigenvalue weighted by Gasteiger charge is 2.18. The zero-order valence-electron chi connectivity index (χ0n) is 11.0. The van der Waals surface area contributed by atoms with Crippen molar-refractivity contribution in [3.8, 4) is 0 Å². The number of halogens is 1. The van der Waals surface area contributed by atoms with E-state index >= 15 is 0 Å². The summed E-state index contributed by atoms with van der Waals surface area (Å²) in [6.45, 7) is 1.36. The molecule has 1 atom stereocenters. The summed E-state index contributed by atoms with van der Waals surface area (Å²) in [4.78, 5) is 22.0. The highest BCUT2D eigenvalue weighted by molar-refractivity contribution is 5.82. The Bertz CT molecular complexity index is 493. The van der Waals surface area contributed by atoms with Gasteiger partial charge in [-0.05, 0) is 36.6 Å². The number of aliphatic hydroxyl groups is 1. The number of aryl methyl sites for hydroxylation is 1. The van der Waals surface area contributed by atoms with E-state index in [9.17, 15) is 14.0 Å². The Kier molecular flexibility index (Phi) is 5.92. The van der Waals surface area contributed by atoms with Crippen molar-refractivity contribution in [2.75, 3.05) is 13.2 Å². The molecule has 0 saturated carbocycles. The molecule has 1 unspecified atom stereocenters. The van der Waals surface area contributed by atoms with E-state index in [1.165, 1.54) is 12.1 Å². The Labute approximate surface area is 115 Å². The Morgan fingerprint density at radius 2 is 2.10 bits per heavy atom. The number of urea groups is 1. The topological polar surface area (TPSA) is 98.7 Å². The Morgan fingerprint density at radius 1 is 1.40 bits per heavy atom. The third-order valence-electron chi connectivity index (χ3n) is 2.77. The number of hydrogen-bond acceptors (Lipinski definition) is 3. The number of aliphatic carboxylic acids is 1. The molecule has 0 fully saturated rings. The first-order valence-electron chi connectivity index (χ1n) is 6.07. The van der Waals surface area contributed by atoms with Crippen LogP contribution in [0.4, 0.5) is 9.18 Å². The van der Waals surface area contributed by atoms with Gasteiger partial charge in [-0.25, -0.2) is 14.0 Å². The van der Waals surface area contributed by atoms with Crippen LogP contribution in [-0.4, -0.2) is 41.4 Å². The fraction of sp³-hybridized carbons (Fsp3) is 0.385. The molecule has 110 valence electrons. The molecule has 1 aromatic carbocycles. The van der Waals surface area contributed by atoms with Gasteiger partial charge >= 0.3 is 12.0 Å². The predicted molar refractivity (Wildman–Crippen MR) is 69.9 cm³/mol. The lowest BCUT2D eigenvalue weighted by Gasteiger charge is -2.13. The van der Waals surface area contributed by atoms with Crippen molar-refractivity contribution >= 4 is 12.0 Å². The molecule has 0 spiro atoms. The number of carbonyl (C=O) groups excluding carboxylic acids is 1. The monoisotopic (exact) mass is 284 g/mol. The summed E-state index contributed by atoms with van der Waals surface area (Å²) in [5.74, 6) is -1.62. The van der Waals surface area contributed by atoms with E-state index in [1.807, 2.05) is 0 Å². The van der Waals surface area contributed by atoms with Crippen LogP contribution < -0.4 is 10.6 Å². The minimum absolute atomic E-state index is 0.274. The molecule has 6 nitrogen and oxygen atoms in total. The van der Waals surface area contributed by atoms with Crippen LogP contribution in [0.5, 0.6) is 0 Å². The molecule has 0 aliphatic rings. The zero-order valence-corrected chi connectivity index (χ0v) is 11.0. The van der Waals surface area contributed by atoms with Gasteiger partial charge in [-0.3, -0.25) is 0 Å². The minimum atomic E-state index is -1.33. The maximum Gasteiger partial charge on any atom is 0.328 e. The van der Waals surface area contributed by atoms with Crippen molar-refractivity contribution in [1.82, 2.24) is 10.6 Å². The van der Waals surface area contributed by atoms with Gasteiger partial charge in [-0.15, -0.1) is 0 Å².